The molecular formula is C9H7F3N2. The topological polar surface area (TPSA) is 28.7 Å². The lowest BCUT2D eigenvalue weighted by atomic mass is 10.3. The van der Waals surface area contributed by atoms with E-state index in [1.54, 1.807) is 0 Å². The van der Waals surface area contributed by atoms with Crippen LogP contribution in [0.5, 0.6) is 0 Å². The van der Waals surface area contributed by atoms with Crippen LogP contribution in [-0.2, 0) is 5.92 Å². The normalized spacial score (nSPS) is 12.3. The predicted molar refractivity (Wildman–Crippen MR) is 45.6 cm³/mol. The third-order valence-electron chi connectivity index (χ3n) is 1.86. The van der Waals surface area contributed by atoms with Crippen molar-refractivity contribution in [3.8, 4) is 0 Å². The molecule has 0 spiro atoms. The average Bonchev–Trinajstić information content (AvgIpc) is 2.45. The molecular weight excluding hydrogens is 193 g/mol. The van der Waals surface area contributed by atoms with Gasteiger partial charge in [0.05, 0.1) is 11.0 Å². The summed E-state index contributed by atoms with van der Waals surface area (Å²) in [6.45, 7) is 0.737. The summed E-state index contributed by atoms with van der Waals surface area (Å²) < 4.78 is 38.3. The van der Waals surface area contributed by atoms with E-state index in [4.69, 9.17) is 0 Å². The van der Waals surface area contributed by atoms with E-state index in [0.717, 1.165) is 13.0 Å². The van der Waals surface area contributed by atoms with Crippen molar-refractivity contribution < 1.29 is 13.2 Å². The lowest BCUT2D eigenvalue weighted by Gasteiger charge is -2.03. The molecule has 2 rings (SSSR count). The lowest BCUT2D eigenvalue weighted by molar-refractivity contribution is 0.00890. The highest BCUT2D eigenvalue weighted by Crippen LogP contribution is 2.26. The van der Waals surface area contributed by atoms with Gasteiger partial charge in [-0.05, 0) is 18.2 Å². The van der Waals surface area contributed by atoms with E-state index in [2.05, 4.69) is 9.97 Å². The van der Waals surface area contributed by atoms with Crippen LogP contribution >= 0.6 is 0 Å². The van der Waals surface area contributed by atoms with Crippen LogP contribution in [0.2, 0.25) is 0 Å². The smallest absolute Gasteiger partial charge is 0.301 e. The summed E-state index contributed by atoms with van der Waals surface area (Å²) in [6.07, 6.45) is 0. The fourth-order valence-electron chi connectivity index (χ4n) is 1.19. The zero-order chi connectivity index (χ0) is 10.3. The molecule has 1 heterocycles. The predicted octanol–water partition coefficient (Wildman–Crippen LogP) is 2.81. The van der Waals surface area contributed by atoms with E-state index in [1.807, 2.05) is 0 Å². The number of halogens is 3. The fraction of sp³-hybridized carbons (Fsp3) is 0.222. The number of H-pyrrole nitrogens is 1. The van der Waals surface area contributed by atoms with Crippen molar-refractivity contribution in [2.24, 2.45) is 0 Å². The molecule has 2 aromatic rings. The van der Waals surface area contributed by atoms with Gasteiger partial charge in [0.2, 0.25) is 0 Å². The van der Waals surface area contributed by atoms with Gasteiger partial charge in [-0.3, -0.25) is 0 Å². The standard InChI is InChI=1S/C9H7F3N2/c1-9(11,12)8-13-6-3-2-5(10)4-7(6)14-8/h2-4H,1H3,(H,13,14). The number of hydrogen-bond donors (Lipinski definition) is 1. The number of aromatic amines is 1. The number of benzene rings is 1. The first-order chi connectivity index (χ1) is 6.47. The summed E-state index contributed by atoms with van der Waals surface area (Å²) in [5, 5.41) is 0. The number of nitrogens with zero attached hydrogens (tertiary/aromatic N) is 1. The van der Waals surface area contributed by atoms with E-state index >= 15 is 0 Å². The van der Waals surface area contributed by atoms with E-state index in [9.17, 15) is 13.2 Å². The molecule has 5 heteroatoms. The minimum Gasteiger partial charge on any atom is -0.337 e. The molecule has 2 nitrogen and oxygen atoms in total. The second-order valence-electron chi connectivity index (χ2n) is 3.14. The van der Waals surface area contributed by atoms with Gasteiger partial charge in [-0.15, -0.1) is 0 Å². The molecule has 1 aromatic carbocycles. The van der Waals surface area contributed by atoms with Crippen LogP contribution < -0.4 is 0 Å². The highest BCUT2D eigenvalue weighted by Gasteiger charge is 2.28. The van der Waals surface area contributed by atoms with Gasteiger partial charge < -0.3 is 4.98 Å². The summed E-state index contributed by atoms with van der Waals surface area (Å²) in [7, 11) is 0. The Bertz CT molecular complexity index is 470. The maximum absolute atomic E-state index is 12.8. The molecule has 14 heavy (non-hydrogen) atoms. The summed E-state index contributed by atoms with van der Waals surface area (Å²) in [6, 6.07) is 3.68. The van der Waals surface area contributed by atoms with Crippen LogP contribution in [0.25, 0.3) is 11.0 Å². The molecule has 0 aliphatic rings. The number of fused-ring (bicyclic) bond motifs is 1. The van der Waals surface area contributed by atoms with Crippen LogP contribution in [0.4, 0.5) is 13.2 Å². The second-order valence-corrected chi connectivity index (χ2v) is 3.14. The number of aromatic nitrogens is 2. The molecule has 0 amide bonds. The van der Waals surface area contributed by atoms with E-state index in [0.29, 0.717) is 5.52 Å². The Hall–Kier alpha value is -1.52. The van der Waals surface area contributed by atoms with E-state index < -0.39 is 17.6 Å². The van der Waals surface area contributed by atoms with Gasteiger partial charge in [0.25, 0.3) is 0 Å². The number of rotatable bonds is 1. The Labute approximate surface area is 77.8 Å². The van der Waals surface area contributed by atoms with Gasteiger partial charge in [-0.1, -0.05) is 0 Å². The van der Waals surface area contributed by atoms with Crippen molar-refractivity contribution in [2.75, 3.05) is 0 Å². The number of hydrogen-bond acceptors (Lipinski definition) is 1. The minimum atomic E-state index is -3.03. The Morgan fingerprint density at radius 2 is 2.07 bits per heavy atom. The molecule has 1 N–H and O–H groups in total. The maximum Gasteiger partial charge on any atom is 0.301 e. The first-order valence-electron chi connectivity index (χ1n) is 4.00. The molecule has 0 aliphatic carbocycles. The first-order valence-corrected chi connectivity index (χ1v) is 4.00. The SMILES string of the molecule is CC(F)(F)c1nc2ccc(F)cc2[nH]1. The third-order valence-corrected chi connectivity index (χ3v) is 1.86. The molecule has 0 aliphatic heterocycles. The Kier molecular flexibility index (Phi) is 1.77. The van der Waals surface area contributed by atoms with Crippen LogP contribution in [0.1, 0.15) is 12.7 Å². The minimum absolute atomic E-state index is 0.279. The number of imidazole rings is 1. The van der Waals surface area contributed by atoms with Crippen molar-refractivity contribution in [1.82, 2.24) is 9.97 Å². The maximum atomic E-state index is 12.8. The number of alkyl halides is 2. The van der Waals surface area contributed by atoms with Crippen LogP contribution in [0, 0.1) is 5.82 Å². The van der Waals surface area contributed by atoms with Gasteiger partial charge >= 0.3 is 5.92 Å². The van der Waals surface area contributed by atoms with Crippen molar-refractivity contribution in [2.45, 2.75) is 12.8 Å². The van der Waals surface area contributed by atoms with Gasteiger partial charge in [-0.25, -0.2) is 9.37 Å². The number of nitrogens with one attached hydrogen (secondary N) is 1. The highest BCUT2D eigenvalue weighted by molar-refractivity contribution is 5.75. The first kappa shape index (κ1) is 9.05. The Morgan fingerprint density at radius 1 is 1.36 bits per heavy atom. The van der Waals surface area contributed by atoms with Crippen molar-refractivity contribution in [3.63, 3.8) is 0 Å². The highest BCUT2D eigenvalue weighted by atomic mass is 19.3. The monoisotopic (exact) mass is 200 g/mol. The van der Waals surface area contributed by atoms with Crippen LogP contribution in [-0.4, -0.2) is 9.97 Å². The summed E-state index contributed by atoms with van der Waals surface area (Å²) in [4.78, 5) is 6.03. The molecule has 0 atom stereocenters. The summed E-state index contributed by atoms with van der Waals surface area (Å²) >= 11 is 0. The molecule has 0 fully saturated rings. The summed E-state index contributed by atoms with van der Waals surface area (Å²) in [5.74, 6) is -3.96. The average molecular weight is 200 g/mol. The third kappa shape index (κ3) is 1.45. The van der Waals surface area contributed by atoms with E-state index in [1.165, 1.54) is 12.1 Å². The van der Waals surface area contributed by atoms with Crippen LogP contribution in [0.3, 0.4) is 0 Å². The molecule has 1 aromatic heterocycles. The quantitative estimate of drug-likeness (QED) is 0.753. The molecule has 0 saturated heterocycles. The van der Waals surface area contributed by atoms with Crippen molar-refractivity contribution in [3.05, 3.63) is 29.8 Å². The summed E-state index contributed by atoms with van der Waals surface area (Å²) in [5.41, 5.74) is 0.615. The van der Waals surface area contributed by atoms with Crippen molar-refractivity contribution >= 4 is 11.0 Å². The van der Waals surface area contributed by atoms with Crippen LogP contribution in [0.15, 0.2) is 18.2 Å². The zero-order valence-corrected chi connectivity index (χ0v) is 7.31. The lowest BCUT2D eigenvalue weighted by Crippen LogP contribution is -2.08. The van der Waals surface area contributed by atoms with Gasteiger partial charge in [0.15, 0.2) is 5.82 Å². The molecule has 0 saturated carbocycles. The Morgan fingerprint density at radius 3 is 2.71 bits per heavy atom. The van der Waals surface area contributed by atoms with Gasteiger partial charge in [0, 0.05) is 6.92 Å². The molecule has 0 bridgehead atoms. The molecule has 0 radical (unpaired) electrons. The molecule has 0 unspecified atom stereocenters. The van der Waals surface area contributed by atoms with Crippen molar-refractivity contribution in [1.29, 1.82) is 0 Å². The largest absolute Gasteiger partial charge is 0.337 e. The second kappa shape index (κ2) is 2.73. The zero-order valence-electron chi connectivity index (χ0n) is 7.31. The van der Waals surface area contributed by atoms with Gasteiger partial charge in [-0.2, -0.15) is 8.78 Å². The molecule has 74 valence electrons. The van der Waals surface area contributed by atoms with Gasteiger partial charge in [0.1, 0.15) is 5.82 Å². The Balaban J connectivity index is 2.63. The van der Waals surface area contributed by atoms with E-state index in [-0.39, 0.29) is 5.52 Å². The fourth-order valence-corrected chi connectivity index (χ4v) is 1.19.